The van der Waals surface area contributed by atoms with Crippen molar-refractivity contribution < 1.29 is 29.0 Å². The molecule has 0 radical (unpaired) electrons. The quantitative estimate of drug-likeness (QED) is 0.255. The highest BCUT2D eigenvalue weighted by Gasteiger charge is 2.37. The van der Waals surface area contributed by atoms with Crippen LogP contribution in [0.4, 0.5) is 11.4 Å². The molecule has 0 atom stereocenters. The second-order valence-electron chi connectivity index (χ2n) is 7.56. The van der Waals surface area contributed by atoms with E-state index in [-0.39, 0.29) is 46.7 Å². The highest BCUT2D eigenvalue weighted by Crippen LogP contribution is 2.28. The van der Waals surface area contributed by atoms with E-state index >= 15 is 0 Å². The van der Waals surface area contributed by atoms with Crippen LogP contribution in [0.15, 0.2) is 36.4 Å². The fourth-order valence-corrected chi connectivity index (χ4v) is 3.91. The summed E-state index contributed by atoms with van der Waals surface area (Å²) in [6.07, 6.45) is 1.30. The Labute approximate surface area is 185 Å². The molecular weight excluding hydrogens is 436 g/mol. The van der Waals surface area contributed by atoms with Gasteiger partial charge in [-0.15, -0.1) is 0 Å². The average molecular weight is 452 g/mol. The highest BCUT2D eigenvalue weighted by atomic mass is 16.6. The Kier molecular flexibility index (Phi) is 5.42. The maximum atomic E-state index is 12.5. The van der Waals surface area contributed by atoms with E-state index in [1.54, 1.807) is 0 Å². The lowest BCUT2D eigenvalue weighted by Gasteiger charge is -2.15. The summed E-state index contributed by atoms with van der Waals surface area (Å²) in [6.45, 7) is 0.183. The van der Waals surface area contributed by atoms with Gasteiger partial charge in [0.25, 0.3) is 35.0 Å². The van der Waals surface area contributed by atoms with Crippen molar-refractivity contribution in [2.24, 2.45) is 0 Å². The third-order valence-electron chi connectivity index (χ3n) is 5.59. The van der Waals surface area contributed by atoms with Crippen LogP contribution >= 0.6 is 0 Å². The molecule has 0 aromatic heterocycles. The number of nitrogens with zero attached hydrogens (tertiary/aromatic N) is 4. The first-order valence-electron chi connectivity index (χ1n) is 10.00. The van der Waals surface area contributed by atoms with E-state index in [1.807, 2.05) is 0 Å². The summed E-state index contributed by atoms with van der Waals surface area (Å²) < 4.78 is 0. The Bertz CT molecular complexity index is 1160. The topological polar surface area (TPSA) is 161 Å². The van der Waals surface area contributed by atoms with Crippen LogP contribution in [-0.2, 0) is 0 Å². The normalized spacial score (nSPS) is 14.7. The standard InChI is InChI=1S/C21H16N4O8/c26-18-14-6-4-12(24(30)31)10-16(14)20(28)22(18)8-2-1-3-9-23-19(27)15-7-5-13(25(32)33)11-17(15)21(23)29/h4-7,10-11H,1-3,8-9H2. The Morgan fingerprint density at radius 3 is 1.30 bits per heavy atom. The van der Waals surface area contributed by atoms with E-state index in [2.05, 4.69) is 0 Å². The summed E-state index contributed by atoms with van der Waals surface area (Å²) in [5.41, 5.74) is -0.328. The van der Waals surface area contributed by atoms with Gasteiger partial charge in [-0.05, 0) is 31.4 Å². The molecule has 0 unspecified atom stereocenters. The van der Waals surface area contributed by atoms with Crippen molar-refractivity contribution in [1.82, 2.24) is 9.80 Å². The number of nitro benzene ring substituents is 2. The second kappa shape index (κ2) is 8.22. The first-order valence-corrected chi connectivity index (χ1v) is 10.00. The summed E-state index contributed by atoms with van der Waals surface area (Å²) in [5, 5.41) is 21.8. The van der Waals surface area contributed by atoms with Crippen LogP contribution in [0.25, 0.3) is 0 Å². The summed E-state index contributed by atoms with van der Waals surface area (Å²) in [4.78, 5) is 72.4. The number of non-ortho nitro benzene ring substituents is 2. The number of carbonyl (C=O) groups excluding carboxylic acids is 4. The fourth-order valence-electron chi connectivity index (χ4n) is 3.91. The van der Waals surface area contributed by atoms with E-state index in [1.165, 1.54) is 24.3 Å². The Hall–Kier alpha value is -4.48. The molecule has 0 spiro atoms. The molecular formula is C21H16N4O8. The first kappa shape index (κ1) is 21.7. The van der Waals surface area contributed by atoms with E-state index in [4.69, 9.17) is 0 Å². The molecule has 33 heavy (non-hydrogen) atoms. The van der Waals surface area contributed by atoms with Gasteiger partial charge in [-0.25, -0.2) is 0 Å². The molecule has 4 amide bonds. The average Bonchev–Trinajstić information content (AvgIpc) is 3.18. The predicted octanol–water partition coefficient (Wildman–Crippen LogP) is 2.57. The van der Waals surface area contributed by atoms with Gasteiger partial charge in [-0.2, -0.15) is 0 Å². The maximum absolute atomic E-state index is 12.5. The number of fused-ring (bicyclic) bond motifs is 2. The molecule has 0 bridgehead atoms. The minimum atomic E-state index is -0.641. The molecule has 2 aliphatic rings. The lowest BCUT2D eigenvalue weighted by molar-refractivity contribution is -0.385. The largest absolute Gasteiger partial charge is 0.274 e. The lowest BCUT2D eigenvalue weighted by Crippen LogP contribution is -2.32. The van der Waals surface area contributed by atoms with E-state index in [9.17, 15) is 39.4 Å². The zero-order chi connectivity index (χ0) is 23.9. The number of benzene rings is 2. The van der Waals surface area contributed by atoms with Gasteiger partial charge in [0.2, 0.25) is 0 Å². The third-order valence-corrected chi connectivity index (χ3v) is 5.59. The minimum absolute atomic E-state index is 0.00526. The van der Waals surface area contributed by atoms with Crippen molar-refractivity contribution in [2.75, 3.05) is 13.1 Å². The van der Waals surface area contributed by atoms with Crippen LogP contribution < -0.4 is 0 Å². The van der Waals surface area contributed by atoms with E-state index in [0.717, 1.165) is 21.9 Å². The van der Waals surface area contributed by atoms with E-state index < -0.39 is 33.5 Å². The van der Waals surface area contributed by atoms with Crippen LogP contribution in [0.1, 0.15) is 60.7 Å². The molecule has 2 aromatic carbocycles. The van der Waals surface area contributed by atoms with Crippen LogP contribution in [0.2, 0.25) is 0 Å². The molecule has 2 aromatic rings. The SMILES string of the molecule is O=C1c2ccc([N+](=O)[O-])cc2C(=O)N1CCCCCN1C(=O)c2ccc([N+](=O)[O-])cc2C1=O. The number of imide groups is 2. The molecule has 0 aliphatic carbocycles. The van der Waals surface area contributed by atoms with Gasteiger partial charge >= 0.3 is 0 Å². The van der Waals surface area contributed by atoms with Crippen molar-refractivity contribution in [3.63, 3.8) is 0 Å². The van der Waals surface area contributed by atoms with Gasteiger partial charge in [-0.3, -0.25) is 49.2 Å². The molecule has 4 rings (SSSR count). The molecule has 2 heterocycles. The van der Waals surface area contributed by atoms with Crippen molar-refractivity contribution >= 4 is 35.0 Å². The number of hydrogen-bond acceptors (Lipinski definition) is 8. The van der Waals surface area contributed by atoms with Gasteiger partial charge < -0.3 is 0 Å². The molecule has 0 N–H and O–H groups in total. The third kappa shape index (κ3) is 3.71. The zero-order valence-electron chi connectivity index (χ0n) is 17.1. The smallest absolute Gasteiger partial charge is 0.270 e. The number of unbranched alkanes of at least 4 members (excludes halogenated alkanes) is 2. The van der Waals surface area contributed by atoms with Crippen LogP contribution in [0.5, 0.6) is 0 Å². The summed E-state index contributed by atoms with van der Waals surface area (Å²) in [5.74, 6) is -2.24. The predicted molar refractivity (Wildman–Crippen MR) is 111 cm³/mol. The Morgan fingerprint density at radius 2 is 0.939 bits per heavy atom. The molecule has 0 saturated heterocycles. The summed E-state index contributed by atoms with van der Waals surface area (Å²) in [6, 6.07) is 7.04. The number of carbonyl (C=O) groups is 4. The maximum Gasteiger partial charge on any atom is 0.270 e. The number of nitro groups is 2. The first-order chi connectivity index (χ1) is 15.7. The minimum Gasteiger partial charge on any atom is -0.274 e. The zero-order valence-corrected chi connectivity index (χ0v) is 17.1. The second-order valence-corrected chi connectivity index (χ2v) is 7.56. The summed E-state index contributed by atoms with van der Waals surface area (Å²) in [7, 11) is 0. The van der Waals surface area contributed by atoms with E-state index in [0.29, 0.717) is 19.3 Å². The lowest BCUT2D eigenvalue weighted by atomic mass is 10.1. The van der Waals surface area contributed by atoms with Gasteiger partial charge in [-0.1, -0.05) is 0 Å². The van der Waals surface area contributed by atoms with Crippen molar-refractivity contribution in [3.8, 4) is 0 Å². The van der Waals surface area contributed by atoms with Gasteiger partial charge in [0.15, 0.2) is 0 Å². The molecule has 0 saturated carbocycles. The van der Waals surface area contributed by atoms with Crippen LogP contribution in [0, 0.1) is 20.2 Å². The Balaban J connectivity index is 1.31. The molecule has 2 aliphatic heterocycles. The van der Waals surface area contributed by atoms with Crippen molar-refractivity contribution in [3.05, 3.63) is 78.9 Å². The molecule has 0 fully saturated rings. The fraction of sp³-hybridized carbons (Fsp3) is 0.238. The summed E-state index contributed by atoms with van der Waals surface area (Å²) >= 11 is 0. The van der Waals surface area contributed by atoms with Crippen molar-refractivity contribution in [2.45, 2.75) is 19.3 Å². The van der Waals surface area contributed by atoms with Crippen LogP contribution in [-0.4, -0.2) is 56.4 Å². The molecule has 168 valence electrons. The molecule has 12 heteroatoms. The van der Waals surface area contributed by atoms with Gasteiger partial charge in [0.1, 0.15) is 0 Å². The van der Waals surface area contributed by atoms with Crippen molar-refractivity contribution in [1.29, 1.82) is 0 Å². The number of rotatable bonds is 8. The van der Waals surface area contributed by atoms with Gasteiger partial charge in [0.05, 0.1) is 32.1 Å². The van der Waals surface area contributed by atoms with Gasteiger partial charge in [0, 0.05) is 37.4 Å². The Morgan fingerprint density at radius 1 is 0.576 bits per heavy atom. The van der Waals surface area contributed by atoms with Crippen LogP contribution in [0.3, 0.4) is 0 Å². The number of hydrogen-bond donors (Lipinski definition) is 0. The monoisotopic (exact) mass is 452 g/mol. The highest BCUT2D eigenvalue weighted by molar-refractivity contribution is 6.22. The molecule has 12 nitrogen and oxygen atoms in total. The number of amides is 4.